The van der Waals surface area contributed by atoms with Crippen LogP contribution in [0.4, 0.5) is 0 Å². The summed E-state index contributed by atoms with van der Waals surface area (Å²) in [7, 11) is 1.50. The van der Waals surface area contributed by atoms with Crippen LogP contribution in [0.15, 0.2) is 78.6 Å². The van der Waals surface area contributed by atoms with Crippen LogP contribution in [0.5, 0.6) is 11.5 Å². The first kappa shape index (κ1) is 20.2. The Kier molecular flexibility index (Phi) is 5.41. The Morgan fingerprint density at radius 2 is 1.81 bits per heavy atom. The van der Waals surface area contributed by atoms with Crippen molar-refractivity contribution in [1.82, 2.24) is 9.88 Å². The molecule has 1 fully saturated rings. The molecule has 1 atom stereocenters. The number of hydrogen-bond donors (Lipinski definition) is 2. The molecule has 0 bridgehead atoms. The van der Waals surface area contributed by atoms with Crippen LogP contribution < -0.4 is 4.74 Å². The topological polar surface area (TPSA) is 100.0 Å². The molecule has 2 aromatic carbocycles. The zero-order chi connectivity index (χ0) is 22.0. The fraction of sp³-hybridized carbons (Fsp3) is 0.125. The van der Waals surface area contributed by atoms with Crippen molar-refractivity contribution in [2.75, 3.05) is 7.11 Å². The Morgan fingerprint density at radius 1 is 1.06 bits per heavy atom. The summed E-state index contributed by atoms with van der Waals surface area (Å²) in [6, 6.07) is 15.6. The number of carbonyl (C=O) groups is 2. The van der Waals surface area contributed by atoms with E-state index in [9.17, 15) is 19.8 Å². The molecule has 2 heterocycles. The number of phenolic OH excluding ortho intramolecular Hbond substituents is 1. The van der Waals surface area contributed by atoms with Crippen LogP contribution in [0.2, 0.25) is 0 Å². The summed E-state index contributed by atoms with van der Waals surface area (Å²) < 4.78 is 5.21. The fourth-order valence-corrected chi connectivity index (χ4v) is 3.70. The van der Waals surface area contributed by atoms with E-state index in [2.05, 4.69) is 4.98 Å². The lowest BCUT2D eigenvalue weighted by atomic mass is 9.95. The monoisotopic (exact) mass is 416 g/mol. The van der Waals surface area contributed by atoms with Gasteiger partial charge in [-0.15, -0.1) is 0 Å². The maximum absolute atomic E-state index is 13.0. The third-order valence-corrected chi connectivity index (χ3v) is 5.17. The van der Waals surface area contributed by atoms with E-state index in [4.69, 9.17) is 4.74 Å². The SMILES string of the molecule is COc1cccc(C(O)=C2C(=O)C(=O)N(Cc3ccncc3)C2c2cccc(O)c2)c1. The van der Waals surface area contributed by atoms with Crippen molar-refractivity contribution in [3.8, 4) is 11.5 Å². The van der Waals surface area contributed by atoms with Crippen molar-refractivity contribution >= 4 is 17.4 Å². The number of rotatable bonds is 5. The van der Waals surface area contributed by atoms with Gasteiger partial charge < -0.3 is 19.8 Å². The Hall–Kier alpha value is -4.13. The van der Waals surface area contributed by atoms with Crippen LogP contribution in [0, 0.1) is 0 Å². The molecule has 2 N–H and O–H groups in total. The van der Waals surface area contributed by atoms with Crippen molar-refractivity contribution in [3.05, 3.63) is 95.3 Å². The molecule has 1 amide bonds. The summed E-state index contributed by atoms with van der Waals surface area (Å²) in [5, 5.41) is 21.1. The normalized spacial score (nSPS) is 17.7. The lowest BCUT2D eigenvalue weighted by Crippen LogP contribution is -2.29. The number of aromatic hydroxyl groups is 1. The smallest absolute Gasteiger partial charge is 0.295 e. The molecule has 1 saturated heterocycles. The Labute approximate surface area is 178 Å². The average Bonchev–Trinajstić information content (AvgIpc) is 3.04. The van der Waals surface area contributed by atoms with Crippen LogP contribution in [-0.2, 0) is 16.1 Å². The number of ether oxygens (including phenoxy) is 1. The zero-order valence-corrected chi connectivity index (χ0v) is 16.7. The molecule has 1 aromatic heterocycles. The highest BCUT2D eigenvalue weighted by atomic mass is 16.5. The van der Waals surface area contributed by atoms with Gasteiger partial charge in [-0.2, -0.15) is 0 Å². The molecule has 0 aliphatic carbocycles. The van der Waals surface area contributed by atoms with Crippen molar-refractivity contribution in [2.24, 2.45) is 0 Å². The van der Waals surface area contributed by atoms with Gasteiger partial charge in [0.2, 0.25) is 0 Å². The number of Topliss-reactive ketones (excluding diaryl/α,β-unsaturated/α-hetero) is 1. The van der Waals surface area contributed by atoms with Gasteiger partial charge in [0.1, 0.15) is 17.3 Å². The summed E-state index contributed by atoms with van der Waals surface area (Å²) in [4.78, 5) is 31.4. The zero-order valence-electron chi connectivity index (χ0n) is 16.7. The quantitative estimate of drug-likeness (QED) is 0.376. The molecule has 156 valence electrons. The number of benzene rings is 2. The number of carbonyl (C=O) groups excluding carboxylic acids is 2. The molecule has 7 heteroatoms. The molecular weight excluding hydrogens is 396 g/mol. The van der Waals surface area contributed by atoms with E-state index in [-0.39, 0.29) is 23.6 Å². The molecule has 0 spiro atoms. The minimum absolute atomic E-state index is 0.00613. The molecule has 0 saturated carbocycles. The van der Waals surface area contributed by atoms with Crippen molar-refractivity contribution in [3.63, 3.8) is 0 Å². The number of phenols is 1. The maximum Gasteiger partial charge on any atom is 0.295 e. The van der Waals surface area contributed by atoms with Crippen molar-refractivity contribution < 1.29 is 24.5 Å². The van der Waals surface area contributed by atoms with Crippen molar-refractivity contribution in [1.29, 1.82) is 0 Å². The highest BCUT2D eigenvalue weighted by molar-refractivity contribution is 6.46. The molecule has 0 radical (unpaired) electrons. The standard InChI is InChI=1S/C24H20N2O5/c1-31-19-7-3-5-17(13-19)22(28)20-21(16-4-2-6-18(27)12-16)26(24(30)23(20)29)14-15-8-10-25-11-9-15/h2-13,21,27-28H,14H2,1H3. The first-order chi connectivity index (χ1) is 15.0. The molecule has 1 unspecified atom stereocenters. The third kappa shape index (κ3) is 3.85. The lowest BCUT2D eigenvalue weighted by Gasteiger charge is -2.25. The molecule has 1 aliphatic heterocycles. The molecular formula is C24H20N2O5. The van der Waals surface area contributed by atoms with Crippen molar-refractivity contribution in [2.45, 2.75) is 12.6 Å². The second-order valence-corrected chi connectivity index (χ2v) is 7.11. The lowest BCUT2D eigenvalue weighted by molar-refractivity contribution is -0.140. The predicted molar refractivity (Wildman–Crippen MR) is 113 cm³/mol. The number of aromatic nitrogens is 1. The minimum Gasteiger partial charge on any atom is -0.508 e. The maximum atomic E-state index is 13.0. The van der Waals surface area contributed by atoms with E-state index in [0.717, 1.165) is 5.56 Å². The van der Waals surface area contributed by atoms with Crippen LogP contribution in [-0.4, -0.2) is 38.9 Å². The molecule has 31 heavy (non-hydrogen) atoms. The summed E-state index contributed by atoms with van der Waals surface area (Å²) in [5.41, 5.74) is 1.60. The largest absolute Gasteiger partial charge is 0.508 e. The van der Waals surface area contributed by atoms with Gasteiger partial charge in [0.05, 0.1) is 18.7 Å². The Morgan fingerprint density at radius 3 is 2.52 bits per heavy atom. The number of nitrogens with zero attached hydrogens (tertiary/aromatic N) is 2. The molecule has 4 rings (SSSR count). The van der Waals surface area contributed by atoms with E-state index < -0.39 is 17.7 Å². The minimum atomic E-state index is -0.869. The predicted octanol–water partition coefficient (Wildman–Crippen LogP) is 3.42. The number of methoxy groups -OCH3 is 1. The number of pyridine rings is 1. The van der Waals surface area contributed by atoms with E-state index in [1.54, 1.807) is 60.9 Å². The molecule has 7 nitrogen and oxygen atoms in total. The van der Waals surface area contributed by atoms with E-state index in [0.29, 0.717) is 16.9 Å². The first-order valence-electron chi connectivity index (χ1n) is 9.60. The number of amides is 1. The van der Waals surface area contributed by atoms with Crippen LogP contribution in [0.1, 0.15) is 22.7 Å². The highest BCUT2D eigenvalue weighted by Crippen LogP contribution is 2.41. The summed E-state index contributed by atoms with van der Waals surface area (Å²) >= 11 is 0. The molecule has 1 aliphatic rings. The van der Waals surface area contributed by atoms with Crippen LogP contribution >= 0.6 is 0 Å². The second kappa shape index (κ2) is 8.31. The average molecular weight is 416 g/mol. The number of aliphatic hydroxyl groups is 1. The number of ketones is 1. The molecule has 3 aromatic rings. The summed E-state index contributed by atoms with van der Waals surface area (Å²) in [5.74, 6) is -1.32. The Bertz CT molecular complexity index is 1170. The van der Waals surface area contributed by atoms with E-state index in [1.165, 1.54) is 24.1 Å². The van der Waals surface area contributed by atoms with Crippen LogP contribution in [0.25, 0.3) is 5.76 Å². The number of aliphatic hydroxyl groups excluding tert-OH is 1. The summed E-state index contributed by atoms with van der Waals surface area (Å²) in [6.45, 7) is 0.141. The van der Waals surface area contributed by atoms with Gasteiger partial charge >= 0.3 is 0 Å². The van der Waals surface area contributed by atoms with Gasteiger partial charge in [0.25, 0.3) is 11.7 Å². The van der Waals surface area contributed by atoms with Gasteiger partial charge in [-0.3, -0.25) is 14.6 Å². The van der Waals surface area contributed by atoms with Gasteiger partial charge in [-0.25, -0.2) is 0 Å². The van der Waals surface area contributed by atoms with E-state index >= 15 is 0 Å². The highest BCUT2D eigenvalue weighted by Gasteiger charge is 2.46. The van der Waals surface area contributed by atoms with Gasteiger partial charge in [0.15, 0.2) is 0 Å². The Balaban J connectivity index is 1.87. The summed E-state index contributed by atoms with van der Waals surface area (Å²) in [6.07, 6.45) is 3.21. The van der Waals surface area contributed by atoms with Gasteiger partial charge in [0, 0.05) is 24.5 Å². The van der Waals surface area contributed by atoms with Gasteiger partial charge in [-0.1, -0.05) is 24.3 Å². The first-order valence-corrected chi connectivity index (χ1v) is 9.60. The fourth-order valence-electron chi connectivity index (χ4n) is 3.70. The number of hydrogen-bond acceptors (Lipinski definition) is 6. The van der Waals surface area contributed by atoms with Crippen LogP contribution in [0.3, 0.4) is 0 Å². The van der Waals surface area contributed by atoms with Gasteiger partial charge in [-0.05, 0) is 47.5 Å². The van der Waals surface area contributed by atoms with E-state index in [1.807, 2.05) is 0 Å². The third-order valence-electron chi connectivity index (χ3n) is 5.17. The second-order valence-electron chi connectivity index (χ2n) is 7.11. The number of likely N-dealkylation sites (tertiary alicyclic amines) is 1.